The van der Waals surface area contributed by atoms with Gasteiger partial charge in [0.15, 0.2) is 0 Å². The van der Waals surface area contributed by atoms with Crippen LogP contribution in [0.5, 0.6) is 0 Å². The van der Waals surface area contributed by atoms with E-state index in [4.69, 9.17) is 4.84 Å². The lowest BCUT2D eigenvalue weighted by Gasteiger charge is -2.26. The van der Waals surface area contributed by atoms with Crippen LogP contribution in [0.25, 0.3) is 22.2 Å². The number of benzene rings is 3. The van der Waals surface area contributed by atoms with Crippen molar-refractivity contribution < 1.29 is 24.0 Å². The first-order valence-electron chi connectivity index (χ1n) is 13.2. The average Bonchev–Trinajstić information content (AvgIpc) is 3.49. The Morgan fingerprint density at radius 2 is 1.65 bits per heavy atom. The van der Waals surface area contributed by atoms with E-state index >= 15 is 0 Å². The number of rotatable bonds is 7. The van der Waals surface area contributed by atoms with Crippen LogP contribution in [0.15, 0.2) is 77.7 Å². The zero-order valence-electron chi connectivity index (χ0n) is 21.8. The van der Waals surface area contributed by atoms with E-state index in [0.29, 0.717) is 16.4 Å². The molecule has 0 N–H and O–H groups in total. The third kappa shape index (κ3) is 4.73. The Morgan fingerprint density at radius 3 is 2.40 bits per heavy atom. The molecule has 1 unspecified atom stereocenters. The first kappa shape index (κ1) is 26.4. The molecule has 9 heteroatoms. The van der Waals surface area contributed by atoms with Gasteiger partial charge in [-0.3, -0.25) is 19.0 Å². The zero-order chi connectivity index (χ0) is 27.8. The second-order valence-electron chi connectivity index (χ2n) is 9.58. The maximum Gasteiger partial charge on any atom is 0.334 e. The molecule has 40 heavy (non-hydrogen) atoms. The summed E-state index contributed by atoms with van der Waals surface area (Å²) < 4.78 is 1.74. The topological polar surface area (TPSA) is 85.7 Å². The van der Waals surface area contributed by atoms with Crippen LogP contribution in [0, 0.1) is 0 Å². The number of carbonyl (C=O) groups is 4. The van der Waals surface area contributed by atoms with Crippen molar-refractivity contribution in [3.63, 3.8) is 0 Å². The van der Waals surface area contributed by atoms with Crippen molar-refractivity contribution in [1.82, 2.24) is 9.63 Å². The van der Waals surface area contributed by atoms with Gasteiger partial charge in [-0.15, -0.1) is 28.6 Å². The number of hydroxylamine groups is 2. The molecule has 0 bridgehead atoms. The highest BCUT2D eigenvalue weighted by Gasteiger charge is 2.35. The van der Waals surface area contributed by atoms with E-state index in [-0.39, 0.29) is 29.8 Å². The van der Waals surface area contributed by atoms with E-state index in [2.05, 4.69) is 13.0 Å². The molecular formula is C31H26N2O5S2. The maximum atomic E-state index is 14.1. The van der Waals surface area contributed by atoms with Crippen molar-refractivity contribution in [3.8, 4) is 11.3 Å². The van der Waals surface area contributed by atoms with Gasteiger partial charge in [0.2, 0.25) is 0 Å². The van der Waals surface area contributed by atoms with Crippen molar-refractivity contribution in [2.45, 2.75) is 42.1 Å². The number of hydrogen-bond acceptors (Lipinski definition) is 7. The standard InChI is InChI=1S/C31H26N2O5S2/c1-2-19-11-13-20(14-12-19)30(37)32-23-9-5-3-7-21(23)28-29(32)22-8-4-6-10-24(22)40-31(28)39-18-17-27(36)38-33-25(34)15-16-26(33)35/h3-14,31H,2,15-18H2,1H3. The second-order valence-corrected chi connectivity index (χ2v) is 12.2. The molecule has 202 valence electrons. The van der Waals surface area contributed by atoms with Gasteiger partial charge in [-0.05, 0) is 36.2 Å². The molecule has 0 spiro atoms. The highest BCUT2D eigenvalue weighted by Crippen LogP contribution is 2.56. The summed E-state index contributed by atoms with van der Waals surface area (Å²) >= 11 is 3.27. The van der Waals surface area contributed by atoms with Gasteiger partial charge < -0.3 is 4.84 Å². The molecule has 1 aromatic heterocycles. The van der Waals surface area contributed by atoms with Crippen molar-refractivity contribution >= 4 is 58.1 Å². The quantitative estimate of drug-likeness (QED) is 0.238. The van der Waals surface area contributed by atoms with Crippen molar-refractivity contribution in [2.75, 3.05) is 5.75 Å². The van der Waals surface area contributed by atoms with Gasteiger partial charge in [0.05, 0.1) is 22.2 Å². The van der Waals surface area contributed by atoms with Gasteiger partial charge in [-0.25, -0.2) is 4.79 Å². The van der Waals surface area contributed by atoms with Crippen LogP contribution in [0.4, 0.5) is 0 Å². The summed E-state index contributed by atoms with van der Waals surface area (Å²) in [5.41, 5.74) is 5.54. The number of imide groups is 1. The third-order valence-electron chi connectivity index (χ3n) is 7.11. The minimum absolute atomic E-state index is 0.0388. The molecule has 0 radical (unpaired) electrons. The molecule has 0 aliphatic carbocycles. The SMILES string of the molecule is CCc1ccc(C(=O)n2c3c(c4ccccc42)C(SCCC(=O)ON2C(=O)CCC2=O)Sc2ccccc2-3)cc1. The Morgan fingerprint density at radius 1 is 0.950 bits per heavy atom. The molecule has 2 aliphatic rings. The van der Waals surface area contributed by atoms with E-state index in [0.717, 1.165) is 39.0 Å². The van der Waals surface area contributed by atoms with Gasteiger partial charge in [-0.2, -0.15) is 0 Å². The Kier molecular flexibility index (Phi) is 7.25. The fourth-order valence-corrected chi connectivity index (χ4v) is 7.91. The minimum atomic E-state index is -0.620. The smallest absolute Gasteiger partial charge is 0.330 e. The van der Waals surface area contributed by atoms with E-state index in [1.165, 1.54) is 5.56 Å². The highest BCUT2D eigenvalue weighted by molar-refractivity contribution is 8.16. The predicted octanol–water partition coefficient (Wildman–Crippen LogP) is 6.39. The van der Waals surface area contributed by atoms with Gasteiger partial charge in [0.1, 0.15) is 0 Å². The second kappa shape index (κ2) is 11.0. The Bertz CT molecular complexity index is 1640. The van der Waals surface area contributed by atoms with Crippen LogP contribution >= 0.6 is 23.5 Å². The minimum Gasteiger partial charge on any atom is -0.330 e. The fraction of sp³-hybridized carbons (Fsp3) is 0.226. The monoisotopic (exact) mass is 570 g/mol. The lowest BCUT2D eigenvalue weighted by atomic mass is 10.1. The van der Waals surface area contributed by atoms with Crippen molar-refractivity contribution in [1.29, 1.82) is 0 Å². The van der Waals surface area contributed by atoms with Gasteiger partial charge in [-0.1, -0.05) is 55.5 Å². The van der Waals surface area contributed by atoms with E-state index < -0.39 is 17.8 Å². The lowest BCUT2D eigenvalue weighted by Crippen LogP contribution is -2.32. The molecule has 1 fully saturated rings. The fourth-order valence-electron chi connectivity index (χ4n) is 5.10. The summed E-state index contributed by atoms with van der Waals surface area (Å²) in [5, 5.41) is 1.58. The van der Waals surface area contributed by atoms with E-state index in [9.17, 15) is 19.2 Å². The number of para-hydroxylation sites is 1. The number of carbonyl (C=O) groups excluding carboxylic acids is 4. The number of thioether (sulfide) groups is 2. The Labute approximate surface area is 239 Å². The van der Waals surface area contributed by atoms with Crippen LogP contribution in [-0.4, -0.2) is 39.1 Å². The van der Waals surface area contributed by atoms with Gasteiger partial charge in [0.25, 0.3) is 17.7 Å². The lowest BCUT2D eigenvalue weighted by molar-refractivity contribution is -0.197. The van der Waals surface area contributed by atoms with Gasteiger partial charge >= 0.3 is 5.97 Å². The Balaban J connectivity index is 1.34. The van der Waals surface area contributed by atoms with Crippen LogP contribution < -0.4 is 0 Å². The summed E-state index contributed by atoms with van der Waals surface area (Å²) in [5.74, 6) is -1.27. The van der Waals surface area contributed by atoms with Crippen LogP contribution in [0.3, 0.4) is 0 Å². The number of aryl methyl sites for hydroxylation is 1. The van der Waals surface area contributed by atoms with Crippen LogP contribution in [0.1, 0.15) is 52.3 Å². The summed E-state index contributed by atoms with van der Waals surface area (Å²) in [6.07, 6.45) is 1.07. The molecule has 4 aromatic rings. The molecule has 1 atom stereocenters. The molecule has 1 saturated heterocycles. The summed E-state index contributed by atoms with van der Waals surface area (Å²) in [6.45, 7) is 2.09. The number of amides is 2. The van der Waals surface area contributed by atoms with Crippen LogP contribution in [-0.2, 0) is 25.6 Å². The van der Waals surface area contributed by atoms with E-state index in [1.807, 2.05) is 71.3 Å². The largest absolute Gasteiger partial charge is 0.334 e. The zero-order valence-corrected chi connectivity index (χ0v) is 23.4. The molecule has 2 aliphatic heterocycles. The third-order valence-corrected chi connectivity index (χ3v) is 9.85. The number of nitrogens with zero attached hydrogens (tertiary/aromatic N) is 2. The number of fused-ring (bicyclic) bond motifs is 5. The molecule has 0 saturated carbocycles. The predicted molar refractivity (Wildman–Crippen MR) is 156 cm³/mol. The first-order valence-corrected chi connectivity index (χ1v) is 15.1. The average molecular weight is 571 g/mol. The summed E-state index contributed by atoms with van der Waals surface area (Å²) in [4.78, 5) is 56.2. The normalized spacial score (nSPS) is 16.2. The van der Waals surface area contributed by atoms with Crippen molar-refractivity contribution in [3.05, 3.63) is 89.5 Å². The maximum absolute atomic E-state index is 14.1. The molecule has 7 nitrogen and oxygen atoms in total. The first-order chi connectivity index (χ1) is 19.5. The summed E-state index contributed by atoms with van der Waals surface area (Å²) in [6, 6.07) is 23.8. The highest BCUT2D eigenvalue weighted by atomic mass is 32.2. The Hall–Kier alpha value is -3.82. The number of aromatic nitrogens is 1. The molecule has 2 amide bonds. The summed E-state index contributed by atoms with van der Waals surface area (Å²) in [7, 11) is 0. The molecule has 6 rings (SSSR count). The number of hydrogen-bond donors (Lipinski definition) is 0. The molecule has 3 aromatic carbocycles. The van der Waals surface area contributed by atoms with E-state index in [1.54, 1.807) is 23.5 Å². The van der Waals surface area contributed by atoms with Crippen LogP contribution in [0.2, 0.25) is 0 Å². The molecular weight excluding hydrogens is 544 g/mol. The van der Waals surface area contributed by atoms with Crippen molar-refractivity contribution in [2.24, 2.45) is 0 Å². The van der Waals surface area contributed by atoms with Gasteiger partial charge in [0, 0.05) is 45.6 Å². The molecule has 3 heterocycles.